The summed E-state index contributed by atoms with van der Waals surface area (Å²) in [5.41, 5.74) is 0.825. The number of nitrogens with zero attached hydrogens (tertiary/aromatic N) is 2. The molecule has 0 unspecified atom stereocenters. The lowest BCUT2D eigenvalue weighted by molar-refractivity contribution is 0.170. The number of ether oxygens (including phenoxy) is 2. The first kappa shape index (κ1) is 19.4. The summed E-state index contributed by atoms with van der Waals surface area (Å²) >= 11 is 6.09. The van der Waals surface area contributed by atoms with Gasteiger partial charge in [-0.2, -0.15) is 4.31 Å². The molecule has 2 aliphatic rings. The van der Waals surface area contributed by atoms with E-state index in [4.69, 9.17) is 21.1 Å². The third kappa shape index (κ3) is 3.96. The molecule has 0 aromatic heterocycles. The Balaban J connectivity index is 1.42. The van der Waals surface area contributed by atoms with Gasteiger partial charge in [-0.05, 0) is 29.8 Å². The van der Waals surface area contributed by atoms with E-state index in [0.717, 1.165) is 5.56 Å². The van der Waals surface area contributed by atoms with Crippen molar-refractivity contribution in [1.82, 2.24) is 9.21 Å². The summed E-state index contributed by atoms with van der Waals surface area (Å²) in [6.07, 6.45) is 0. The predicted octanol–water partition coefficient (Wildman–Crippen LogP) is 2.76. The molecule has 2 heterocycles. The van der Waals surface area contributed by atoms with Crippen LogP contribution in [0.3, 0.4) is 0 Å². The van der Waals surface area contributed by atoms with E-state index in [1.54, 1.807) is 18.2 Å². The number of benzene rings is 2. The molecule has 2 aromatic carbocycles. The molecule has 6 nitrogen and oxygen atoms in total. The number of sulfonamides is 1. The maximum Gasteiger partial charge on any atom is 0.243 e. The van der Waals surface area contributed by atoms with Gasteiger partial charge in [0, 0.05) is 43.8 Å². The minimum Gasteiger partial charge on any atom is -0.486 e. The molecule has 1 saturated heterocycles. The van der Waals surface area contributed by atoms with Crippen LogP contribution in [0.15, 0.2) is 41.3 Å². The van der Waals surface area contributed by atoms with Crippen LogP contribution < -0.4 is 9.47 Å². The van der Waals surface area contributed by atoms with E-state index in [1.807, 2.05) is 0 Å². The van der Waals surface area contributed by atoms with Crippen LogP contribution in [0.25, 0.3) is 0 Å². The molecule has 0 radical (unpaired) electrons. The van der Waals surface area contributed by atoms with E-state index >= 15 is 0 Å². The van der Waals surface area contributed by atoms with E-state index in [0.29, 0.717) is 62.5 Å². The van der Waals surface area contributed by atoms with Crippen molar-refractivity contribution in [2.75, 3.05) is 39.4 Å². The van der Waals surface area contributed by atoms with Crippen molar-refractivity contribution in [2.45, 2.75) is 11.4 Å². The average molecular weight is 427 g/mol. The minimum atomic E-state index is -3.61. The van der Waals surface area contributed by atoms with Gasteiger partial charge in [0.2, 0.25) is 10.0 Å². The van der Waals surface area contributed by atoms with Crippen LogP contribution in [0.2, 0.25) is 5.02 Å². The van der Waals surface area contributed by atoms with Gasteiger partial charge in [-0.1, -0.05) is 17.7 Å². The van der Waals surface area contributed by atoms with Crippen LogP contribution in [0.5, 0.6) is 11.5 Å². The van der Waals surface area contributed by atoms with Gasteiger partial charge in [-0.15, -0.1) is 0 Å². The van der Waals surface area contributed by atoms with Crippen LogP contribution in [0, 0.1) is 5.82 Å². The molecule has 2 aromatic rings. The summed E-state index contributed by atoms with van der Waals surface area (Å²) in [7, 11) is -3.61. The summed E-state index contributed by atoms with van der Waals surface area (Å²) in [4.78, 5) is 2.31. The normalized spacial score (nSPS) is 18.2. The maximum absolute atomic E-state index is 13.2. The summed E-state index contributed by atoms with van der Waals surface area (Å²) < 4.78 is 51.6. The smallest absolute Gasteiger partial charge is 0.243 e. The second-order valence-corrected chi connectivity index (χ2v) is 9.07. The average Bonchev–Trinajstić information content (AvgIpc) is 2.70. The molecule has 0 N–H and O–H groups in total. The van der Waals surface area contributed by atoms with Gasteiger partial charge in [0.05, 0.1) is 4.90 Å². The highest BCUT2D eigenvalue weighted by atomic mass is 35.5. The first-order valence-corrected chi connectivity index (χ1v) is 10.8. The van der Waals surface area contributed by atoms with Gasteiger partial charge in [-0.3, -0.25) is 4.90 Å². The van der Waals surface area contributed by atoms with Crippen LogP contribution in [0.4, 0.5) is 4.39 Å². The second-order valence-electron chi connectivity index (χ2n) is 6.72. The number of hydrogen-bond acceptors (Lipinski definition) is 5. The zero-order chi connectivity index (χ0) is 19.7. The van der Waals surface area contributed by atoms with Crippen LogP contribution in [-0.2, 0) is 16.6 Å². The number of piperazine rings is 1. The lowest BCUT2D eigenvalue weighted by atomic mass is 10.2. The highest BCUT2D eigenvalue weighted by Crippen LogP contribution is 2.33. The standard InChI is InChI=1S/C19H20ClFN2O4S/c20-17-11-15(21)2-1-14(17)13-22-5-7-23(8-6-22)28(24,25)16-3-4-18-19(12-16)27-10-9-26-18/h1-4,11-12H,5-10,13H2. The van der Waals surface area contributed by atoms with Crippen molar-refractivity contribution in [1.29, 1.82) is 0 Å². The quantitative estimate of drug-likeness (QED) is 0.752. The fourth-order valence-electron chi connectivity index (χ4n) is 3.35. The summed E-state index contributed by atoms with van der Waals surface area (Å²) in [5, 5.41) is 0.381. The third-order valence-electron chi connectivity index (χ3n) is 4.89. The highest BCUT2D eigenvalue weighted by molar-refractivity contribution is 7.89. The third-order valence-corrected chi connectivity index (χ3v) is 7.14. The number of halogens is 2. The topological polar surface area (TPSA) is 59.1 Å². The molecule has 0 amide bonds. The van der Waals surface area contributed by atoms with Crippen molar-refractivity contribution in [2.24, 2.45) is 0 Å². The van der Waals surface area contributed by atoms with Crippen molar-refractivity contribution >= 4 is 21.6 Å². The predicted molar refractivity (Wildman–Crippen MR) is 103 cm³/mol. The van der Waals surface area contributed by atoms with Crippen LogP contribution in [-0.4, -0.2) is 57.0 Å². The Kier molecular flexibility index (Phi) is 5.46. The molecule has 0 aliphatic carbocycles. The van der Waals surface area contributed by atoms with Gasteiger partial charge in [0.25, 0.3) is 0 Å². The Morgan fingerprint density at radius 3 is 2.39 bits per heavy atom. The second kappa shape index (κ2) is 7.87. The molecule has 150 valence electrons. The van der Waals surface area contributed by atoms with Gasteiger partial charge in [0.15, 0.2) is 11.5 Å². The molecule has 0 saturated carbocycles. The van der Waals surface area contributed by atoms with Crippen LogP contribution in [0.1, 0.15) is 5.56 Å². The fourth-order valence-corrected chi connectivity index (χ4v) is 5.02. The van der Waals surface area contributed by atoms with Gasteiger partial charge in [-0.25, -0.2) is 12.8 Å². The van der Waals surface area contributed by atoms with E-state index in [1.165, 1.54) is 22.5 Å². The summed E-state index contributed by atoms with van der Waals surface area (Å²) in [6, 6.07) is 9.04. The number of fused-ring (bicyclic) bond motifs is 1. The summed E-state index contributed by atoms with van der Waals surface area (Å²) in [6.45, 7) is 3.29. The molecule has 4 rings (SSSR count). The first-order chi connectivity index (χ1) is 13.4. The summed E-state index contributed by atoms with van der Waals surface area (Å²) in [5.74, 6) is 0.646. The fraction of sp³-hybridized carbons (Fsp3) is 0.368. The largest absolute Gasteiger partial charge is 0.486 e. The lowest BCUT2D eigenvalue weighted by Gasteiger charge is -2.34. The Bertz CT molecular complexity index is 978. The Morgan fingerprint density at radius 2 is 1.68 bits per heavy atom. The van der Waals surface area contributed by atoms with E-state index in [2.05, 4.69) is 4.90 Å². The van der Waals surface area contributed by atoms with Crippen LogP contribution >= 0.6 is 11.6 Å². The molecule has 0 bridgehead atoms. The van der Waals surface area contributed by atoms with Crippen molar-refractivity contribution in [3.63, 3.8) is 0 Å². The van der Waals surface area contributed by atoms with Gasteiger partial charge in [0.1, 0.15) is 19.0 Å². The molecular formula is C19H20ClFN2O4S. The Hall–Kier alpha value is -1.87. The van der Waals surface area contributed by atoms with Crippen molar-refractivity contribution in [3.8, 4) is 11.5 Å². The molecule has 0 atom stereocenters. The van der Waals surface area contributed by atoms with Crippen molar-refractivity contribution in [3.05, 3.63) is 52.8 Å². The Morgan fingerprint density at radius 1 is 0.964 bits per heavy atom. The monoisotopic (exact) mass is 426 g/mol. The zero-order valence-corrected chi connectivity index (χ0v) is 16.7. The minimum absolute atomic E-state index is 0.201. The van der Waals surface area contributed by atoms with Crippen molar-refractivity contribution < 1.29 is 22.3 Å². The molecule has 2 aliphatic heterocycles. The van der Waals surface area contributed by atoms with E-state index in [9.17, 15) is 12.8 Å². The molecular weight excluding hydrogens is 407 g/mol. The van der Waals surface area contributed by atoms with E-state index < -0.39 is 10.0 Å². The highest BCUT2D eigenvalue weighted by Gasteiger charge is 2.30. The molecule has 9 heteroatoms. The SMILES string of the molecule is O=S(=O)(c1ccc2c(c1)OCCO2)N1CCN(Cc2ccc(F)cc2Cl)CC1. The maximum atomic E-state index is 13.2. The molecule has 28 heavy (non-hydrogen) atoms. The van der Waals surface area contributed by atoms with E-state index in [-0.39, 0.29) is 10.7 Å². The molecule has 0 spiro atoms. The Labute approximate surface area is 168 Å². The number of rotatable bonds is 4. The lowest BCUT2D eigenvalue weighted by Crippen LogP contribution is -2.48. The molecule has 1 fully saturated rings. The zero-order valence-electron chi connectivity index (χ0n) is 15.1. The van der Waals surface area contributed by atoms with Gasteiger partial charge < -0.3 is 9.47 Å². The van der Waals surface area contributed by atoms with Gasteiger partial charge >= 0.3 is 0 Å². The number of hydrogen-bond donors (Lipinski definition) is 0. The first-order valence-electron chi connectivity index (χ1n) is 8.99.